The summed E-state index contributed by atoms with van der Waals surface area (Å²) in [5, 5.41) is 29.5. The van der Waals surface area contributed by atoms with E-state index in [0.29, 0.717) is 17.9 Å². The van der Waals surface area contributed by atoms with Gasteiger partial charge >= 0.3 is 0 Å². The van der Waals surface area contributed by atoms with Gasteiger partial charge in [-0.25, -0.2) is 0 Å². The minimum absolute atomic E-state index is 0.213. The van der Waals surface area contributed by atoms with Crippen LogP contribution >= 0.6 is 0 Å². The normalized spacial score (nSPS) is 12.6. The lowest BCUT2D eigenvalue weighted by Gasteiger charge is -2.24. The first-order valence-corrected chi connectivity index (χ1v) is 24.9. The SMILES string of the molecule is CCCCc1ccc(OC(C)C[C@H](C)Oc2ccc(CCCC)cc2-c2cc(C)cc(-n3c4ccccc4c4ccccc43)c2O)c(-c2cc(C)cc(-n3c4ccccc4c4ccccc43)c2O)c1. The number of aromatic nitrogens is 2. The number of nitrogens with zero attached hydrogens (tertiary/aromatic N) is 2. The van der Waals surface area contributed by atoms with Gasteiger partial charge in [0.2, 0.25) is 0 Å². The molecule has 0 aliphatic rings. The molecule has 0 saturated heterocycles. The van der Waals surface area contributed by atoms with Gasteiger partial charge in [0.15, 0.2) is 0 Å². The van der Waals surface area contributed by atoms with Gasteiger partial charge in [-0.2, -0.15) is 0 Å². The van der Waals surface area contributed by atoms with Crippen LogP contribution in [0.2, 0.25) is 0 Å². The van der Waals surface area contributed by atoms with E-state index in [0.717, 1.165) is 127 Å². The van der Waals surface area contributed by atoms with E-state index in [1.165, 1.54) is 11.1 Å². The minimum atomic E-state index is -0.245. The number of para-hydroxylation sites is 4. The van der Waals surface area contributed by atoms with Gasteiger partial charge in [0.05, 0.1) is 45.6 Å². The van der Waals surface area contributed by atoms with Gasteiger partial charge in [-0.1, -0.05) is 112 Å². The number of phenolic OH excluding ortho intramolecular Hbond substituents is 2. The fraction of sp³-hybridized carbons (Fsp3) is 0.238. The summed E-state index contributed by atoms with van der Waals surface area (Å²) in [6.07, 6.45) is 6.29. The molecule has 0 aliphatic heterocycles. The van der Waals surface area contributed by atoms with Crippen molar-refractivity contribution in [3.05, 3.63) is 180 Å². The molecule has 10 rings (SSSR count). The quantitative estimate of drug-likeness (QED) is 0.101. The number of ether oxygens (including phenoxy) is 2. The van der Waals surface area contributed by atoms with Crippen molar-refractivity contribution < 1.29 is 19.7 Å². The molecule has 2 aromatic heterocycles. The molecule has 10 aromatic rings. The van der Waals surface area contributed by atoms with E-state index >= 15 is 0 Å². The van der Waals surface area contributed by atoms with E-state index in [-0.39, 0.29) is 23.7 Å². The third-order valence-corrected chi connectivity index (χ3v) is 13.7. The average Bonchev–Trinajstić information content (AvgIpc) is 3.87. The molecular weight excluding hydrogens is 849 g/mol. The van der Waals surface area contributed by atoms with Crippen LogP contribution in [-0.2, 0) is 12.8 Å². The Morgan fingerprint density at radius 3 is 1.13 bits per heavy atom. The fourth-order valence-electron chi connectivity index (χ4n) is 10.5. The molecule has 0 aliphatic carbocycles. The van der Waals surface area contributed by atoms with E-state index in [1.54, 1.807) is 0 Å². The van der Waals surface area contributed by atoms with Crippen LogP contribution in [0.1, 0.15) is 82.1 Å². The van der Waals surface area contributed by atoms with Crippen LogP contribution in [0.5, 0.6) is 23.0 Å². The highest BCUT2D eigenvalue weighted by Gasteiger charge is 2.24. The van der Waals surface area contributed by atoms with Crippen LogP contribution < -0.4 is 9.47 Å². The molecule has 0 fully saturated rings. The number of benzene rings is 8. The van der Waals surface area contributed by atoms with Crippen molar-refractivity contribution in [1.82, 2.24) is 9.13 Å². The topological polar surface area (TPSA) is 68.8 Å². The number of aryl methyl sites for hydroxylation is 4. The van der Waals surface area contributed by atoms with Crippen molar-refractivity contribution in [2.45, 2.75) is 98.7 Å². The lowest BCUT2D eigenvalue weighted by atomic mass is 9.96. The monoisotopic (exact) mass is 910 g/mol. The van der Waals surface area contributed by atoms with Crippen LogP contribution in [0.4, 0.5) is 0 Å². The minimum Gasteiger partial charge on any atom is -0.505 e. The smallest absolute Gasteiger partial charge is 0.147 e. The molecule has 69 heavy (non-hydrogen) atoms. The summed E-state index contributed by atoms with van der Waals surface area (Å²) in [5.41, 5.74) is 13.3. The Kier molecular flexibility index (Phi) is 12.7. The molecule has 2 heterocycles. The maximum atomic E-state index is 12.5. The summed E-state index contributed by atoms with van der Waals surface area (Å²) in [4.78, 5) is 0. The van der Waals surface area contributed by atoms with Crippen LogP contribution in [0, 0.1) is 13.8 Å². The second kappa shape index (κ2) is 19.3. The van der Waals surface area contributed by atoms with Crippen LogP contribution in [-0.4, -0.2) is 31.6 Å². The fourth-order valence-corrected chi connectivity index (χ4v) is 10.5. The largest absolute Gasteiger partial charge is 0.505 e. The van der Waals surface area contributed by atoms with Crippen molar-refractivity contribution in [1.29, 1.82) is 0 Å². The number of phenols is 2. The Bertz CT molecular complexity index is 3170. The average molecular weight is 911 g/mol. The molecule has 1 unspecified atom stereocenters. The van der Waals surface area contributed by atoms with E-state index < -0.39 is 0 Å². The maximum absolute atomic E-state index is 12.5. The van der Waals surface area contributed by atoms with E-state index in [2.05, 4.69) is 208 Å². The Hall–Kier alpha value is -7.44. The number of hydrogen-bond acceptors (Lipinski definition) is 4. The first-order valence-electron chi connectivity index (χ1n) is 24.9. The summed E-state index contributed by atoms with van der Waals surface area (Å²) in [7, 11) is 0. The molecule has 6 nitrogen and oxygen atoms in total. The lowest BCUT2D eigenvalue weighted by Crippen LogP contribution is -2.23. The second-order valence-corrected chi connectivity index (χ2v) is 19.1. The molecule has 0 bridgehead atoms. The van der Waals surface area contributed by atoms with Crippen molar-refractivity contribution in [2.24, 2.45) is 0 Å². The van der Waals surface area contributed by atoms with Crippen molar-refractivity contribution >= 4 is 43.6 Å². The molecular formula is C63H62N2O4. The van der Waals surface area contributed by atoms with E-state index in [1.807, 2.05) is 0 Å². The molecule has 0 spiro atoms. The third kappa shape index (κ3) is 8.69. The van der Waals surface area contributed by atoms with E-state index in [4.69, 9.17) is 9.47 Å². The predicted molar refractivity (Wildman–Crippen MR) is 287 cm³/mol. The molecule has 348 valence electrons. The number of hydrogen-bond donors (Lipinski definition) is 2. The zero-order chi connectivity index (χ0) is 47.8. The first kappa shape index (κ1) is 45.3. The first-order chi connectivity index (χ1) is 33.6. The van der Waals surface area contributed by atoms with Crippen molar-refractivity contribution in [3.63, 3.8) is 0 Å². The maximum Gasteiger partial charge on any atom is 0.147 e. The van der Waals surface area contributed by atoms with Crippen molar-refractivity contribution in [2.75, 3.05) is 0 Å². The summed E-state index contributed by atoms with van der Waals surface area (Å²) in [5.74, 6) is 1.86. The molecule has 6 heteroatoms. The van der Waals surface area contributed by atoms with Gasteiger partial charge in [0.25, 0.3) is 0 Å². The predicted octanol–water partition coefficient (Wildman–Crippen LogP) is 16.6. The lowest BCUT2D eigenvalue weighted by molar-refractivity contribution is 0.131. The Labute approximate surface area is 406 Å². The summed E-state index contributed by atoms with van der Waals surface area (Å²) < 4.78 is 18.2. The third-order valence-electron chi connectivity index (χ3n) is 13.7. The molecule has 0 amide bonds. The zero-order valence-corrected chi connectivity index (χ0v) is 40.7. The van der Waals surface area contributed by atoms with Gasteiger partial charge in [0, 0.05) is 50.2 Å². The Morgan fingerprint density at radius 2 is 0.783 bits per heavy atom. The zero-order valence-electron chi connectivity index (χ0n) is 40.7. The van der Waals surface area contributed by atoms with Crippen LogP contribution in [0.3, 0.4) is 0 Å². The summed E-state index contributed by atoms with van der Waals surface area (Å²) >= 11 is 0. The summed E-state index contributed by atoms with van der Waals surface area (Å²) in [6, 6.07) is 54.8. The number of fused-ring (bicyclic) bond motifs is 6. The Balaban J connectivity index is 0.983. The number of unbranched alkanes of at least 4 members (excludes halogenated alkanes) is 2. The summed E-state index contributed by atoms with van der Waals surface area (Å²) in [6.45, 7) is 12.8. The van der Waals surface area contributed by atoms with Gasteiger partial charge in [-0.05, 0) is 148 Å². The van der Waals surface area contributed by atoms with Crippen molar-refractivity contribution in [3.8, 4) is 56.6 Å². The molecule has 2 atom stereocenters. The number of rotatable bonds is 16. The second-order valence-electron chi connectivity index (χ2n) is 19.1. The molecule has 8 aromatic carbocycles. The van der Waals surface area contributed by atoms with Gasteiger partial charge in [-0.15, -0.1) is 0 Å². The number of aromatic hydroxyl groups is 2. The Morgan fingerprint density at radius 1 is 0.435 bits per heavy atom. The van der Waals surface area contributed by atoms with Gasteiger partial charge in [-0.3, -0.25) is 0 Å². The van der Waals surface area contributed by atoms with Crippen LogP contribution in [0.25, 0.3) is 77.2 Å². The highest BCUT2D eigenvalue weighted by molar-refractivity contribution is 6.10. The molecule has 0 radical (unpaired) electrons. The van der Waals surface area contributed by atoms with Gasteiger partial charge in [0.1, 0.15) is 23.0 Å². The van der Waals surface area contributed by atoms with Crippen LogP contribution in [0.15, 0.2) is 158 Å². The highest BCUT2D eigenvalue weighted by atomic mass is 16.5. The standard InChI is InChI=1S/C63H62N2O4/c1-7-9-19-44-29-31-60(50(38-44)52-33-40(3)35-58(62(52)66)64-54-25-15-11-21-46(54)47-22-12-16-26-55(47)64)68-42(5)37-43(6)69-61-32-30-45(20-10-8-2)39-51(61)53-34-41(4)36-59(63(53)67)65-56-27-17-13-23-48(56)49-24-14-18-28-57(49)65/h11-18,21-36,38-39,42-43,66-67H,7-10,19-20,37H2,1-6H3/t42-,43?/m0/s1. The highest BCUT2D eigenvalue weighted by Crippen LogP contribution is 2.46. The molecule has 0 saturated carbocycles. The van der Waals surface area contributed by atoms with E-state index in [9.17, 15) is 10.2 Å². The van der Waals surface area contributed by atoms with Gasteiger partial charge < -0.3 is 28.8 Å². The molecule has 2 N–H and O–H groups in total.